The van der Waals surface area contributed by atoms with Crippen LogP contribution in [0.3, 0.4) is 0 Å². The molecule has 0 atom stereocenters. The van der Waals surface area contributed by atoms with Gasteiger partial charge in [0.25, 0.3) is 0 Å². The summed E-state index contributed by atoms with van der Waals surface area (Å²) >= 11 is 22.7. The average Bonchev–Trinajstić information content (AvgIpc) is 2.08. The van der Waals surface area contributed by atoms with Crippen LogP contribution in [0.15, 0.2) is 12.1 Å². The number of benzene rings is 1. The fraction of sp³-hybridized carbons (Fsp3) is 0.143. The molecule has 9 heteroatoms. The van der Waals surface area contributed by atoms with E-state index >= 15 is 0 Å². The first kappa shape index (κ1) is 17.1. The molecule has 85 valence electrons. The predicted molar refractivity (Wildman–Crippen MR) is 70.4 cm³/mol. The molecule has 0 aliphatic rings. The van der Waals surface area contributed by atoms with Crippen LogP contribution < -0.4 is 3.82 Å². The Kier molecular flexibility index (Phi) is 6.79. The summed E-state index contributed by atoms with van der Waals surface area (Å²) in [5.41, 5.74) is 0.0650. The SMILES string of the molecule is CS(=O)(=O)N(Cl)c1cc(Cl)c(Cl)cc1Cl.[Na]. The third-order valence-corrected chi connectivity index (χ3v) is 4.21. The summed E-state index contributed by atoms with van der Waals surface area (Å²) in [5, 5.41) is 0.499. The minimum absolute atomic E-state index is 0. The van der Waals surface area contributed by atoms with Crippen LogP contribution in [0.2, 0.25) is 15.1 Å². The fourth-order valence-corrected chi connectivity index (χ4v) is 2.19. The average molecular weight is 332 g/mol. The molecule has 1 radical (unpaired) electrons. The first-order valence-electron chi connectivity index (χ1n) is 3.54. The van der Waals surface area contributed by atoms with Crippen LogP contribution in [0, 0.1) is 0 Å². The molecule has 3 nitrogen and oxygen atoms in total. The minimum Gasteiger partial charge on any atom is -0.205 e. The number of anilines is 1. The van der Waals surface area contributed by atoms with Gasteiger partial charge in [-0.3, -0.25) is 0 Å². The molecule has 16 heavy (non-hydrogen) atoms. The van der Waals surface area contributed by atoms with E-state index in [-0.39, 0.29) is 50.3 Å². The molecule has 0 amide bonds. The van der Waals surface area contributed by atoms with Gasteiger partial charge in [0.2, 0.25) is 10.0 Å². The van der Waals surface area contributed by atoms with Gasteiger partial charge in [-0.05, 0) is 12.1 Å². The van der Waals surface area contributed by atoms with Gasteiger partial charge in [0.15, 0.2) is 0 Å². The van der Waals surface area contributed by atoms with Crippen LogP contribution in [-0.2, 0) is 10.0 Å². The molecule has 1 aromatic rings. The van der Waals surface area contributed by atoms with Crippen LogP contribution >= 0.6 is 46.6 Å². The molecule has 0 unspecified atom stereocenters. The predicted octanol–water partition coefficient (Wildman–Crippen LogP) is 3.19. The molecule has 0 aliphatic carbocycles. The second-order valence-electron chi connectivity index (χ2n) is 2.70. The Balaban J connectivity index is 0.00000225. The maximum absolute atomic E-state index is 11.1. The zero-order valence-corrected chi connectivity index (χ0v) is 14.2. The van der Waals surface area contributed by atoms with E-state index in [1.54, 1.807) is 0 Å². The number of halogens is 4. The number of nitrogens with zero attached hydrogens (tertiary/aromatic N) is 1. The standard InChI is InChI=1S/C7H5Cl4NO2S.Na/c1-15(13,14)12(11)7-3-5(9)4(8)2-6(7)10;/h2-3H,1H3;. The summed E-state index contributed by atoms with van der Waals surface area (Å²) in [6, 6.07) is 2.60. The van der Waals surface area contributed by atoms with Crippen molar-refractivity contribution in [1.82, 2.24) is 0 Å². The Hall–Kier alpha value is 1.13. The van der Waals surface area contributed by atoms with Crippen LogP contribution in [0.4, 0.5) is 5.69 Å². The van der Waals surface area contributed by atoms with E-state index in [9.17, 15) is 8.42 Å². The van der Waals surface area contributed by atoms with Crippen LogP contribution in [0.25, 0.3) is 0 Å². The van der Waals surface area contributed by atoms with Gasteiger partial charge in [-0.2, -0.15) is 3.82 Å². The van der Waals surface area contributed by atoms with E-state index in [4.69, 9.17) is 46.6 Å². The molecule has 0 spiro atoms. The largest absolute Gasteiger partial charge is 0.246 e. The van der Waals surface area contributed by atoms with Gasteiger partial charge in [0, 0.05) is 41.3 Å². The van der Waals surface area contributed by atoms with Crippen molar-refractivity contribution in [2.45, 2.75) is 0 Å². The van der Waals surface area contributed by atoms with Crippen molar-refractivity contribution in [3.8, 4) is 0 Å². The quantitative estimate of drug-likeness (QED) is 0.474. The van der Waals surface area contributed by atoms with E-state index < -0.39 is 10.0 Å². The molecular formula is C7H5Cl4NNaO2S. The van der Waals surface area contributed by atoms with Gasteiger partial charge in [0.05, 0.1) is 27.0 Å². The van der Waals surface area contributed by atoms with E-state index in [2.05, 4.69) is 0 Å². The summed E-state index contributed by atoms with van der Waals surface area (Å²) in [7, 11) is -3.60. The summed E-state index contributed by atoms with van der Waals surface area (Å²) in [6.45, 7) is 0. The summed E-state index contributed by atoms with van der Waals surface area (Å²) in [4.78, 5) is 0. The second kappa shape index (κ2) is 6.34. The molecule has 0 aromatic heterocycles. The third-order valence-electron chi connectivity index (χ3n) is 1.47. The van der Waals surface area contributed by atoms with Crippen molar-refractivity contribution in [3.63, 3.8) is 0 Å². The van der Waals surface area contributed by atoms with Crippen molar-refractivity contribution in [2.24, 2.45) is 0 Å². The van der Waals surface area contributed by atoms with Gasteiger partial charge in [0.1, 0.15) is 0 Å². The Morgan fingerprint density at radius 2 is 1.50 bits per heavy atom. The zero-order valence-electron chi connectivity index (χ0n) is 8.34. The molecule has 1 aromatic carbocycles. The Morgan fingerprint density at radius 3 is 1.94 bits per heavy atom. The van der Waals surface area contributed by atoms with Crippen LogP contribution in [0.5, 0.6) is 0 Å². The molecule has 0 aliphatic heterocycles. The first-order valence-corrected chi connectivity index (χ1v) is 6.86. The monoisotopic (exact) mass is 330 g/mol. The van der Waals surface area contributed by atoms with Crippen molar-refractivity contribution in [3.05, 3.63) is 27.2 Å². The normalized spacial score (nSPS) is 10.8. The van der Waals surface area contributed by atoms with Crippen molar-refractivity contribution < 1.29 is 8.42 Å². The maximum atomic E-state index is 11.1. The van der Waals surface area contributed by atoms with Gasteiger partial charge < -0.3 is 0 Å². The van der Waals surface area contributed by atoms with Crippen molar-refractivity contribution in [1.29, 1.82) is 0 Å². The van der Waals surface area contributed by atoms with E-state index in [0.717, 1.165) is 6.26 Å². The number of rotatable bonds is 2. The molecular weight excluding hydrogens is 327 g/mol. The molecule has 0 N–H and O–H groups in total. The summed E-state index contributed by atoms with van der Waals surface area (Å²) < 4.78 is 22.8. The van der Waals surface area contributed by atoms with E-state index in [1.165, 1.54) is 12.1 Å². The van der Waals surface area contributed by atoms with Crippen LogP contribution in [-0.4, -0.2) is 44.2 Å². The molecule has 0 fully saturated rings. The van der Waals surface area contributed by atoms with E-state index in [1.807, 2.05) is 0 Å². The molecule has 0 heterocycles. The Bertz CT molecular complexity index is 493. The smallest absolute Gasteiger partial charge is 0.205 e. The van der Waals surface area contributed by atoms with Gasteiger partial charge in [-0.1, -0.05) is 34.8 Å². The second-order valence-corrected chi connectivity index (χ2v) is 6.29. The van der Waals surface area contributed by atoms with Gasteiger partial charge >= 0.3 is 0 Å². The number of sulfonamides is 1. The Morgan fingerprint density at radius 1 is 1.06 bits per heavy atom. The minimum atomic E-state index is -3.60. The zero-order chi connectivity index (χ0) is 11.8. The fourth-order valence-electron chi connectivity index (χ4n) is 0.825. The topological polar surface area (TPSA) is 37.4 Å². The Labute approximate surface area is 136 Å². The molecule has 0 saturated carbocycles. The van der Waals surface area contributed by atoms with Gasteiger partial charge in [-0.25, -0.2) is 8.42 Å². The van der Waals surface area contributed by atoms with Crippen LogP contribution in [0.1, 0.15) is 0 Å². The summed E-state index contributed by atoms with van der Waals surface area (Å²) in [6.07, 6.45) is 0.943. The number of hydrogen-bond acceptors (Lipinski definition) is 2. The van der Waals surface area contributed by atoms with Gasteiger partial charge in [-0.15, -0.1) is 0 Å². The molecule has 0 saturated heterocycles. The van der Waals surface area contributed by atoms with E-state index in [0.29, 0.717) is 3.82 Å². The molecule has 0 bridgehead atoms. The van der Waals surface area contributed by atoms with Crippen molar-refractivity contribution >= 4 is 91.8 Å². The molecule has 1 rings (SSSR count). The number of hydrogen-bond donors (Lipinski definition) is 0. The third kappa shape index (κ3) is 4.10. The first-order chi connectivity index (χ1) is 6.73. The summed E-state index contributed by atoms with van der Waals surface area (Å²) in [5.74, 6) is 0. The maximum Gasteiger partial charge on any atom is 0.246 e. The van der Waals surface area contributed by atoms with Crippen molar-refractivity contribution in [2.75, 3.05) is 10.1 Å².